The first kappa shape index (κ1) is 33.9. The van der Waals surface area contributed by atoms with Crippen LogP contribution >= 0.6 is 11.8 Å². The number of aliphatic hydroxyl groups excluding tert-OH is 1. The fourth-order valence-corrected chi connectivity index (χ4v) is 6.45. The highest BCUT2D eigenvalue weighted by Crippen LogP contribution is 2.43. The highest BCUT2D eigenvalue weighted by Gasteiger charge is 2.38. The van der Waals surface area contributed by atoms with E-state index in [0.29, 0.717) is 12.3 Å². The number of amides is 2. The summed E-state index contributed by atoms with van der Waals surface area (Å²) >= 11 is 1.70. The van der Waals surface area contributed by atoms with Gasteiger partial charge in [0, 0.05) is 41.3 Å². The summed E-state index contributed by atoms with van der Waals surface area (Å²) in [6.45, 7) is 7.70. The van der Waals surface area contributed by atoms with Crippen LogP contribution in [0.2, 0.25) is 0 Å². The van der Waals surface area contributed by atoms with E-state index < -0.39 is 12.4 Å². The number of hydrogen-bond donors (Lipinski definition) is 3. The maximum atomic E-state index is 11.8. The number of thioether (sulfide) groups is 1. The largest absolute Gasteiger partial charge is 0.445 e. The van der Waals surface area contributed by atoms with Gasteiger partial charge in [-0.3, -0.25) is 4.79 Å². The number of nitrogens with one attached hydrogen (secondary N) is 2. The Morgan fingerprint density at radius 1 is 0.915 bits per heavy atom. The Morgan fingerprint density at radius 2 is 1.64 bits per heavy atom. The minimum atomic E-state index is -0.576. The first-order chi connectivity index (χ1) is 22.8. The lowest BCUT2D eigenvalue weighted by Crippen LogP contribution is -2.38. The van der Waals surface area contributed by atoms with E-state index in [9.17, 15) is 14.7 Å². The van der Waals surface area contributed by atoms with Crippen LogP contribution in [0.4, 0.5) is 10.5 Å². The smallest absolute Gasteiger partial charge is 0.407 e. The number of ether oxygens (including phenoxy) is 3. The normalized spacial score (nSPS) is 19.0. The lowest BCUT2D eigenvalue weighted by atomic mass is 9.91. The van der Waals surface area contributed by atoms with Gasteiger partial charge in [-0.25, -0.2) is 4.79 Å². The van der Waals surface area contributed by atoms with E-state index in [1.54, 1.807) is 11.8 Å². The Morgan fingerprint density at radius 3 is 2.32 bits per heavy atom. The molecule has 4 atom stereocenters. The molecule has 47 heavy (non-hydrogen) atoms. The van der Waals surface area contributed by atoms with Crippen molar-refractivity contribution in [3.8, 4) is 11.1 Å². The highest BCUT2D eigenvalue weighted by molar-refractivity contribution is 7.99. The molecule has 4 aromatic rings. The van der Waals surface area contributed by atoms with E-state index in [1.807, 2.05) is 84.9 Å². The van der Waals surface area contributed by atoms with Crippen LogP contribution in [-0.2, 0) is 32.2 Å². The molecule has 4 aromatic carbocycles. The summed E-state index contributed by atoms with van der Waals surface area (Å²) in [7, 11) is 0. The molecule has 0 radical (unpaired) electrons. The van der Waals surface area contributed by atoms with Crippen LogP contribution in [-0.4, -0.2) is 35.6 Å². The Hall–Kier alpha value is -4.41. The van der Waals surface area contributed by atoms with E-state index in [-0.39, 0.29) is 37.2 Å². The molecule has 8 nitrogen and oxygen atoms in total. The Bertz CT molecular complexity index is 1640. The van der Waals surface area contributed by atoms with Gasteiger partial charge in [-0.2, -0.15) is 0 Å². The standard InChI is InChI=1S/C38H40N2O6S/c1-4-20-44-38(43)39-22-28-6-5-7-32(21-28)29-12-14-31(15-13-29)37-45-35(24-47-34-18-16-33(17-19-34)40-26(3)42)25(2)36(46-37)30-10-8-27(23-41)9-11-30/h4-19,21,25,35-37,41H,1,20,22-24H2,2-3H3,(H,39,43)(H,40,42). The summed E-state index contributed by atoms with van der Waals surface area (Å²) in [4.78, 5) is 24.3. The molecule has 3 N–H and O–H groups in total. The van der Waals surface area contributed by atoms with E-state index in [0.717, 1.165) is 44.0 Å². The second kappa shape index (κ2) is 16.4. The lowest BCUT2D eigenvalue weighted by molar-refractivity contribution is -0.268. The molecule has 1 aliphatic rings. The molecular formula is C38H40N2O6S. The molecule has 1 aliphatic heterocycles. The molecule has 0 spiro atoms. The van der Waals surface area contributed by atoms with Crippen molar-refractivity contribution >= 4 is 29.4 Å². The second-order valence-corrected chi connectivity index (χ2v) is 12.5. The summed E-state index contributed by atoms with van der Waals surface area (Å²) in [5, 5.41) is 15.1. The Labute approximate surface area is 280 Å². The highest BCUT2D eigenvalue weighted by atomic mass is 32.2. The van der Waals surface area contributed by atoms with Gasteiger partial charge in [0.2, 0.25) is 5.91 Å². The van der Waals surface area contributed by atoms with Gasteiger partial charge in [0.25, 0.3) is 0 Å². The molecule has 0 bridgehead atoms. The zero-order chi connectivity index (χ0) is 33.2. The van der Waals surface area contributed by atoms with E-state index in [1.165, 1.54) is 13.0 Å². The zero-order valence-corrected chi connectivity index (χ0v) is 27.4. The molecule has 0 aliphatic carbocycles. The minimum absolute atomic E-state index is 0.0128. The van der Waals surface area contributed by atoms with Crippen LogP contribution in [0, 0.1) is 5.92 Å². The van der Waals surface area contributed by atoms with Crippen LogP contribution < -0.4 is 10.6 Å². The molecule has 244 valence electrons. The SMILES string of the molecule is C=CCOC(=O)NCc1cccc(-c2ccc(C3OC(CSc4ccc(NC(C)=O)cc4)C(C)C(c4ccc(CO)cc4)O3)cc2)c1. The molecule has 4 unspecified atom stereocenters. The monoisotopic (exact) mass is 652 g/mol. The molecule has 9 heteroatoms. The minimum Gasteiger partial charge on any atom is -0.445 e. The van der Waals surface area contributed by atoms with Crippen molar-refractivity contribution in [3.63, 3.8) is 0 Å². The second-order valence-electron chi connectivity index (χ2n) is 11.4. The van der Waals surface area contributed by atoms with E-state index in [2.05, 4.69) is 36.3 Å². The number of anilines is 1. The maximum absolute atomic E-state index is 11.8. The molecule has 1 saturated heterocycles. The van der Waals surface area contributed by atoms with Crippen LogP contribution in [0.5, 0.6) is 0 Å². The van der Waals surface area contributed by atoms with Gasteiger partial charge in [0.15, 0.2) is 6.29 Å². The summed E-state index contributed by atoms with van der Waals surface area (Å²) < 4.78 is 18.3. The van der Waals surface area contributed by atoms with Crippen LogP contribution in [0.3, 0.4) is 0 Å². The molecular weight excluding hydrogens is 612 g/mol. The number of aliphatic hydroxyl groups is 1. The van der Waals surface area contributed by atoms with Crippen molar-refractivity contribution in [2.75, 3.05) is 17.7 Å². The van der Waals surface area contributed by atoms with Crippen molar-refractivity contribution in [1.29, 1.82) is 0 Å². The summed E-state index contributed by atoms with van der Waals surface area (Å²) in [6, 6.07) is 31.9. The van der Waals surface area contributed by atoms with Crippen molar-refractivity contribution < 1.29 is 28.9 Å². The molecule has 2 amide bonds. The average molecular weight is 653 g/mol. The predicted molar refractivity (Wildman–Crippen MR) is 185 cm³/mol. The zero-order valence-electron chi connectivity index (χ0n) is 26.6. The molecule has 0 aromatic heterocycles. The topological polar surface area (TPSA) is 106 Å². The third-order valence-electron chi connectivity index (χ3n) is 7.92. The number of hydrogen-bond acceptors (Lipinski definition) is 7. The third kappa shape index (κ3) is 9.33. The summed E-state index contributed by atoms with van der Waals surface area (Å²) in [5.74, 6) is 0.671. The van der Waals surface area contributed by atoms with E-state index in [4.69, 9.17) is 14.2 Å². The molecule has 1 heterocycles. The fraction of sp³-hybridized carbons (Fsp3) is 0.263. The van der Waals surface area contributed by atoms with Gasteiger partial charge in [-0.05, 0) is 58.1 Å². The van der Waals surface area contributed by atoms with Gasteiger partial charge < -0.3 is 30.0 Å². The average Bonchev–Trinajstić information content (AvgIpc) is 3.10. The molecule has 1 fully saturated rings. The van der Waals surface area contributed by atoms with Crippen LogP contribution in [0.1, 0.15) is 48.5 Å². The van der Waals surface area contributed by atoms with Crippen molar-refractivity contribution in [1.82, 2.24) is 5.32 Å². The van der Waals surface area contributed by atoms with Gasteiger partial charge in [0.1, 0.15) is 6.61 Å². The number of carbonyl (C=O) groups excluding carboxylic acids is 2. The van der Waals surface area contributed by atoms with Gasteiger partial charge >= 0.3 is 6.09 Å². The van der Waals surface area contributed by atoms with Gasteiger partial charge in [-0.15, -0.1) is 11.8 Å². The maximum Gasteiger partial charge on any atom is 0.407 e. The van der Waals surface area contributed by atoms with Gasteiger partial charge in [0.05, 0.1) is 18.8 Å². The van der Waals surface area contributed by atoms with Gasteiger partial charge in [-0.1, -0.05) is 86.3 Å². The lowest BCUT2D eigenvalue weighted by Gasteiger charge is -2.41. The first-order valence-electron chi connectivity index (χ1n) is 15.5. The quantitative estimate of drug-likeness (QED) is 0.106. The fourth-order valence-electron chi connectivity index (χ4n) is 5.38. The van der Waals surface area contributed by atoms with Crippen LogP contribution in [0.25, 0.3) is 11.1 Å². The number of benzene rings is 4. The first-order valence-corrected chi connectivity index (χ1v) is 16.5. The Kier molecular flexibility index (Phi) is 11.9. The summed E-state index contributed by atoms with van der Waals surface area (Å²) in [6.07, 6.45) is 0.141. The summed E-state index contributed by atoms with van der Waals surface area (Å²) in [5.41, 5.74) is 6.57. The molecule has 5 rings (SSSR count). The van der Waals surface area contributed by atoms with E-state index >= 15 is 0 Å². The Balaban J connectivity index is 1.31. The predicted octanol–water partition coefficient (Wildman–Crippen LogP) is 7.80. The van der Waals surface area contributed by atoms with Crippen LogP contribution in [0.15, 0.2) is 115 Å². The number of rotatable bonds is 12. The third-order valence-corrected chi connectivity index (χ3v) is 9.03. The van der Waals surface area contributed by atoms with Crippen molar-refractivity contribution in [3.05, 3.63) is 132 Å². The van der Waals surface area contributed by atoms with Crippen molar-refractivity contribution in [2.45, 2.75) is 50.4 Å². The number of carbonyl (C=O) groups is 2. The van der Waals surface area contributed by atoms with Crippen molar-refractivity contribution in [2.24, 2.45) is 5.92 Å². The number of alkyl carbamates (subject to hydrolysis) is 1. The molecule has 0 saturated carbocycles.